The third kappa shape index (κ3) is 4.12. The molecule has 33 heavy (non-hydrogen) atoms. The Kier molecular flexibility index (Phi) is 6.00. The number of aliphatic hydroxyl groups excluding tert-OH is 3. The number of aliphatic hydroxyl groups is 3. The second-order valence-corrected chi connectivity index (χ2v) is 7.71. The lowest BCUT2D eigenvalue weighted by molar-refractivity contribution is -0.284. The standard InChI is InChI=1S/C23H21NO9/c1-11(22(31)33-23-18(27)16(25)17(26)19(32-23)21(29)30)12-6-8-14(9-7-12)24-10-13-4-2-3-5-15(13)20(24)28/h2-9,16-19,23,25-27H,1,10H2,(H,29,30). The van der Waals surface area contributed by atoms with E-state index in [-0.39, 0.29) is 11.5 Å². The topological polar surface area (TPSA) is 154 Å². The fraction of sp³-hybridized carbons (Fsp3) is 0.261. The second kappa shape index (κ2) is 8.75. The summed E-state index contributed by atoms with van der Waals surface area (Å²) >= 11 is 0. The van der Waals surface area contributed by atoms with Crippen molar-refractivity contribution in [3.63, 3.8) is 0 Å². The molecular weight excluding hydrogens is 434 g/mol. The Balaban J connectivity index is 1.44. The normalized spacial score (nSPS) is 26.6. The van der Waals surface area contributed by atoms with Gasteiger partial charge in [0, 0.05) is 11.3 Å². The molecule has 172 valence electrons. The number of anilines is 1. The zero-order valence-electron chi connectivity index (χ0n) is 17.2. The molecule has 5 atom stereocenters. The van der Waals surface area contributed by atoms with Crippen molar-refractivity contribution in [3.8, 4) is 0 Å². The average Bonchev–Trinajstić information content (AvgIpc) is 3.15. The van der Waals surface area contributed by atoms with Gasteiger partial charge in [-0.15, -0.1) is 0 Å². The highest BCUT2D eigenvalue weighted by atomic mass is 16.7. The van der Waals surface area contributed by atoms with E-state index < -0.39 is 42.6 Å². The number of rotatable bonds is 5. The molecule has 0 radical (unpaired) electrons. The van der Waals surface area contributed by atoms with Crippen LogP contribution in [0.1, 0.15) is 21.5 Å². The zero-order valence-corrected chi connectivity index (χ0v) is 17.2. The van der Waals surface area contributed by atoms with E-state index in [1.54, 1.807) is 41.3 Å². The van der Waals surface area contributed by atoms with Gasteiger partial charge in [0.1, 0.15) is 18.3 Å². The number of hydrogen-bond acceptors (Lipinski definition) is 8. The lowest BCUT2D eigenvalue weighted by Gasteiger charge is -2.38. The summed E-state index contributed by atoms with van der Waals surface area (Å²) < 4.78 is 9.94. The molecule has 5 unspecified atom stereocenters. The summed E-state index contributed by atoms with van der Waals surface area (Å²) in [5, 5.41) is 38.6. The molecule has 0 saturated carbocycles. The van der Waals surface area contributed by atoms with Crippen molar-refractivity contribution in [2.24, 2.45) is 0 Å². The molecule has 0 spiro atoms. The number of amides is 1. The molecule has 4 N–H and O–H groups in total. The molecule has 2 aliphatic rings. The van der Waals surface area contributed by atoms with Gasteiger partial charge in [0.05, 0.1) is 12.1 Å². The van der Waals surface area contributed by atoms with Gasteiger partial charge in [0.25, 0.3) is 5.91 Å². The van der Waals surface area contributed by atoms with Crippen molar-refractivity contribution in [1.82, 2.24) is 0 Å². The number of nitrogens with zero attached hydrogens (tertiary/aromatic N) is 1. The first-order valence-electron chi connectivity index (χ1n) is 10.0. The number of ether oxygens (including phenoxy) is 2. The summed E-state index contributed by atoms with van der Waals surface area (Å²) in [4.78, 5) is 37.9. The van der Waals surface area contributed by atoms with Gasteiger partial charge in [-0.25, -0.2) is 9.59 Å². The van der Waals surface area contributed by atoms with Gasteiger partial charge in [0.2, 0.25) is 6.29 Å². The van der Waals surface area contributed by atoms with Crippen LogP contribution in [0, 0.1) is 0 Å². The van der Waals surface area contributed by atoms with Gasteiger partial charge < -0.3 is 34.8 Å². The molecule has 1 saturated heterocycles. The number of hydrogen-bond donors (Lipinski definition) is 4. The van der Waals surface area contributed by atoms with E-state index in [1.807, 2.05) is 12.1 Å². The molecule has 0 aromatic heterocycles. The fourth-order valence-corrected chi connectivity index (χ4v) is 3.75. The predicted molar refractivity (Wildman–Crippen MR) is 113 cm³/mol. The van der Waals surface area contributed by atoms with Crippen LogP contribution in [0.4, 0.5) is 5.69 Å². The molecule has 2 aromatic rings. The lowest BCUT2D eigenvalue weighted by Crippen LogP contribution is -2.60. The molecule has 10 nitrogen and oxygen atoms in total. The average molecular weight is 455 g/mol. The minimum Gasteiger partial charge on any atom is -0.479 e. The highest BCUT2D eigenvalue weighted by molar-refractivity contribution is 6.16. The number of carboxylic acids is 1. The summed E-state index contributed by atoms with van der Waals surface area (Å²) in [5.41, 5.74) is 2.40. The molecule has 0 aliphatic carbocycles. The molecule has 10 heteroatoms. The molecule has 2 aromatic carbocycles. The molecule has 2 heterocycles. The van der Waals surface area contributed by atoms with Crippen LogP contribution in [-0.2, 0) is 25.6 Å². The molecule has 4 rings (SSSR count). The maximum Gasteiger partial charge on any atom is 0.340 e. The van der Waals surface area contributed by atoms with Crippen molar-refractivity contribution >= 4 is 29.1 Å². The van der Waals surface area contributed by atoms with Gasteiger partial charge >= 0.3 is 11.9 Å². The van der Waals surface area contributed by atoms with E-state index >= 15 is 0 Å². The van der Waals surface area contributed by atoms with Gasteiger partial charge in [-0.1, -0.05) is 36.9 Å². The smallest absolute Gasteiger partial charge is 0.340 e. The predicted octanol–water partition coefficient (Wildman–Crippen LogP) is 0.296. The van der Waals surface area contributed by atoms with Crippen LogP contribution in [0.5, 0.6) is 0 Å². The van der Waals surface area contributed by atoms with Gasteiger partial charge in [-0.2, -0.15) is 0 Å². The van der Waals surface area contributed by atoms with E-state index in [0.717, 1.165) is 5.56 Å². The van der Waals surface area contributed by atoms with Gasteiger partial charge in [0.15, 0.2) is 6.10 Å². The zero-order chi connectivity index (χ0) is 23.9. The van der Waals surface area contributed by atoms with Gasteiger partial charge in [-0.05, 0) is 29.3 Å². The maximum absolute atomic E-state index is 12.6. The highest BCUT2D eigenvalue weighted by Gasteiger charge is 2.48. The van der Waals surface area contributed by atoms with Crippen LogP contribution in [0.25, 0.3) is 5.57 Å². The van der Waals surface area contributed by atoms with Crippen LogP contribution in [0.3, 0.4) is 0 Å². The van der Waals surface area contributed by atoms with Crippen LogP contribution in [0.2, 0.25) is 0 Å². The first kappa shape index (κ1) is 22.6. The number of carbonyl (C=O) groups excluding carboxylic acids is 2. The van der Waals surface area contributed by atoms with Gasteiger partial charge in [-0.3, -0.25) is 4.79 Å². The van der Waals surface area contributed by atoms with E-state index in [9.17, 15) is 29.7 Å². The molecule has 1 fully saturated rings. The SMILES string of the molecule is C=C(C(=O)OC1OC(C(=O)O)C(O)C(O)C1O)c1ccc(N2Cc3ccccc3C2=O)cc1. The maximum atomic E-state index is 12.6. The monoisotopic (exact) mass is 455 g/mol. The Morgan fingerprint density at radius 2 is 1.67 bits per heavy atom. The number of fused-ring (bicyclic) bond motifs is 1. The summed E-state index contributed by atoms with van der Waals surface area (Å²) in [7, 11) is 0. The van der Waals surface area contributed by atoms with Crippen molar-refractivity contribution in [2.45, 2.75) is 37.3 Å². The summed E-state index contributed by atoms with van der Waals surface area (Å²) in [6.45, 7) is 4.08. The third-order valence-corrected chi connectivity index (χ3v) is 5.63. The number of aliphatic carboxylic acids is 1. The largest absolute Gasteiger partial charge is 0.479 e. The van der Waals surface area contributed by atoms with Crippen molar-refractivity contribution in [2.75, 3.05) is 4.90 Å². The Bertz CT molecular complexity index is 1110. The minimum atomic E-state index is -1.90. The van der Waals surface area contributed by atoms with Crippen LogP contribution < -0.4 is 4.90 Å². The highest BCUT2D eigenvalue weighted by Crippen LogP contribution is 2.30. The molecular formula is C23H21NO9. The molecule has 0 bridgehead atoms. The fourth-order valence-electron chi connectivity index (χ4n) is 3.75. The van der Waals surface area contributed by atoms with E-state index in [4.69, 9.17) is 14.6 Å². The molecule has 2 aliphatic heterocycles. The quantitative estimate of drug-likeness (QED) is 0.368. The number of carbonyl (C=O) groups is 3. The summed E-state index contributed by atoms with van der Waals surface area (Å²) in [5.74, 6) is -2.75. The van der Waals surface area contributed by atoms with Crippen LogP contribution in [-0.4, -0.2) is 69.0 Å². The summed E-state index contributed by atoms with van der Waals surface area (Å²) in [6, 6.07) is 13.7. The van der Waals surface area contributed by atoms with E-state index in [0.29, 0.717) is 23.4 Å². The second-order valence-electron chi connectivity index (χ2n) is 7.71. The van der Waals surface area contributed by atoms with Crippen molar-refractivity contribution in [3.05, 3.63) is 71.8 Å². The summed E-state index contributed by atoms with van der Waals surface area (Å²) in [6.07, 6.45) is -9.38. The number of esters is 1. The van der Waals surface area contributed by atoms with E-state index in [2.05, 4.69) is 6.58 Å². The Hall–Kier alpha value is -3.57. The lowest BCUT2D eigenvalue weighted by atomic mass is 9.99. The minimum absolute atomic E-state index is 0.124. The molecule has 1 amide bonds. The Labute approximate surface area is 187 Å². The Morgan fingerprint density at radius 3 is 2.30 bits per heavy atom. The van der Waals surface area contributed by atoms with Crippen molar-refractivity contribution in [1.29, 1.82) is 0 Å². The first-order valence-corrected chi connectivity index (χ1v) is 10.0. The van der Waals surface area contributed by atoms with Crippen molar-refractivity contribution < 1.29 is 44.3 Å². The van der Waals surface area contributed by atoms with Crippen LogP contribution >= 0.6 is 0 Å². The Morgan fingerprint density at radius 1 is 1.00 bits per heavy atom. The first-order chi connectivity index (χ1) is 15.7. The number of benzene rings is 2. The van der Waals surface area contributed by atoms with E-state index in [1.165, 1.54) is 0 Å². The third-order valence-electron chi connectivity index (χ3n) is 5.63. The van der Waals surface area contributed by atoms with Crippen LogP contribution in [0.15, 0.2) is 55.1 Å². The number of carboxylic acid groups (broad SMARTS) is 1.